The summed E-state index contributed by atoms with van der Waals surface area (Å²) in [5, 5.41) is 0. The summed E-state index contributed by atoms with van der Waals surface area (Å²) >= 11 is 0. The zero-order valence-corrected chi connectivity index (χ0v) is 15.1. The molecule has 0 aliphatic heterocycles. The molecular formula is C19H17F5N2O2. The van der Waals surface area contributed by atoms with Crippen molar-refractivity contribution in [2.24, 2.45) is 4.99 Å². The first kappa shape index (κ1) is 21.3. The number of nitrogens with zero attached hydrogens (tertiary/aromatic N) is 2. The van der Waals surface area contributed by atoms with Crippen LogP contribution in [-0.2, 0) is 17.5 Å². The summed E-state index contributed by atoms with van der Waals surface area (Å²) in [4.78, 5) is 17.4. The van der Waals surface area contributed by atoms with E-state index in [1.807, 2.05) is 6.92 Å². The van der Waals surface area contributed by atoms with Gasteiger partial charge in [-0.15, -0.1) is 0 Å². The third-order valence-corrected chi connectivity index (χ3v) is 3.77. The lowest BCUT2D eigenvalue weighted by Gasteiger charge is -2.10. The number of hydrogen-bond acceptors (Lipinski definition) is 3. The number of alkyl halides is 3. The largest absolute Gasteiger partial charge is 0.457 e. The molecule has 2 rings (SSSR count). The second-order valence-corrected chi connectivity index (χ2v) is 5.88. The Balaban J connectivity index is 2.13. The van der Waals surface area contributed by atoms with Gasteiger partial charge in [-0.3, -0.25) is 0 Å². The SMILES string of the molecule is CCN(C)C=Nc1cc(F)c(C(=O)OCc2cccc(C(F)(F)F)c2)cc1F. The van der Waals surface area contributed by atoms with Crippen LogP contribution in [0, 0.1) is 11.6 Å². The van der Waals surface area contributed by atoms with Crippen LogP contribution in [0.3, 0.4) is 0 Å². The zero-order valence-electron chi connectivity index (χ0n) is 15.1. The Morgan fingerprint density at radius 1 is 1.18 bits per heavy atom. The Hall–Kier alpha value is -2.97. The maximum absolute atomic E-state index is 14.1. The lowest BCUT2D eigenvalue weighted by Crippen LogP contribution is -2.14. The molecule has 0 spiro atoms. The molecule has 0 radical (unpaired) electrons. The van der Waals surface area contributed by atoms with Gasteiger partial charge in [0.1, 0.15) is 23.9 Å². The second kappa shape index (κ2) is 8.81. The summed E-state index contributed by atoms with van der Waals surface area (Å²) < 4.78 is 71.1. The Labute approximate surface area is 158 Å². The van der Waals surface area contributed by atoms with Crippen molar-refractivity contribution in [3.63, 3.8) is 0 Å². The molecular weight excluding hydrogens is 383 g/mol. The molecule has 0 heterocycles. The van der Waals surface area contributed by atoms with Crippen LogP contribution in [0.25, 0.3) is 0 Å². The van der Waals surface area contributed by atoms with E-state index < -0.39 is 41.5 Å². The van der Waals surface area contributed by atoms with E-state index in [1.54, 1.807) is 11.9 Å². The van der Waals surface area contributed by atoms with Crippen molar-refractivity contribution in [2.45, 2.75) is 19.7 Å². The molecule has 0 unspecified atom stereocenters. The van der Waals surface area contributed by atoms with E-state index in [4.69, 9.17) is 4.74 Å². The molecule has 0 amide bonds. The first-order valence-electron chi connectivity index (χ1n) is 8.18. The molecule has 0 atom stereocenters. The fourth-order valence-corrected chi connectivity index (χ4v) is 2.10. The lowest BCUT2D eigenvalue weighted by atomic mass is 10.1. The van der Waals surface area contributed by atoms with Gasteiger partial charge in [0.05, 0.1) is 17.5 Å². The predicted octanol–water partition coefficient (Wildman–Crippen LogP) is 4.95. The van der Waals surface area contributed by atoms with Crippen LogP contribution in [0.15, 0.2) is 41.4 Å². The Kier molecular flexibility index (Phi) is 6.71. The van der Waals surface area contributed by atoms with Crippen LogP contribution >= 0.6 is 0 Å². The molecule has 0 saturated heterocycles. The molecule has 9 heteroatoms. The molecule has 0 aliphatic carbocycles. The molecule has 0 fully saturated rings. The van der Waals surface area contributed by atoms with Gasteiger partial charge < -0.3 is 9.64 Å². The van der Waals surface area contributed by atoms with Crippen LogP contribution in [-0.4, -0.2) is 30.8 Å². The number of carbonyl (C=O) groups is 1. The van der Waals surface area contributed by atoms with Crippen molar-refractivity contribution >= 4 is 18.0 Å². The Morgan fingerprint density at radius 3 is 2.54 bits per heavy atom. The van der Waals surface area contributed by atoms with Gasteiger partial charge in [0, 0.05) is 19.7 Å². The van der Waals surface area contributed by atoms with Crippen LogP contribution in [0.2, 0.25) is 0 Å². The van der Waals surface area contributed by atoms with Crippen molar-refractivity contribution < 1.29 is 31.5 Å². The summed E-state index contributed by atoms with van der Waals surface area (Å²) in [7, 11) is 1.69. The number of carbonyl (C=O) groups excluding carboxylic acids is 1. The van der Waals surface area contributed by atoms with Crippen molar-refractivity contribution in [1.29, 1.82) is 0 Å². The smallest absolute Gasteiger partial charge is 0.416 e. The predicted molar refractivity (Wildman–Crippen MR) is 93.4 cm³/mol. The molecule has 2 aromatic rings. The fraction of sp³-hybridized carbons (Fsp3) is 0.263. The van der Waals surface area contributed by atoms with Gasteiger partial charge in [0.2, 0.25) is 0 Å². The molecule has 28 heavy (non-hydrogen) atoms. The number of benzene rings is 2. The molecule has 0 aliphatic rings. The van der Waals surface area contributed by atoms with Gasteiger partial charge in [-0.25, -0.2) is 18.6 Å². The monoisotopic (exact) mass is 400 g/mol. The minimum absolute atomic E-state index is 0.0629. The third-order valence-electron chi connectivity index (χ3n) is 3.77. The van der Waals surface area contributed by atoms with E-state index in [2.05, 4.69) is 4.99 Å². The Bertz CT molecular complexity index is 881. The van der Waals surface area contributed by atoms with Crippen LogP contribution < -0.4 is 0 Å². The van der Waals surface area contributed by atoms with Gasteiger partial charge in [-0.1, -0.05) is 12.1 Å². The fourth-order valence-electron chi connectivity index (χ4n) is 2.10. The maximum atomic E-state index is 14.1. The molecule has 4 nitrogen and oxygen atoms in total. The summed E-state index contributed by atoms with van der Waals surface area (Å²) in [6.45, 7) is 1.92. The molecule has 0 N–H and O–H groups in total. The van der Waals surface area contributed by atoms with Crippen LogP contribution in [0.5, 0.6) is 0 Å². The maximum Gasteiger partial charge on any atom is 0.416 e. The first-order valence-corrected chi connectivity index (χ1v) is 8.18. The molecule has 0 bridgehead atoms. The number of ether oxygens (including phenoxy) is 1. The highest BCUT2D eigenvalue weighted by atomic mass is 19.4. The molecule has 150 valence electrons. The van der Waals surface area contributed by atoms with Crippen molar-refractivity contribution in [1.82, 2.24) is 4.90 Å². The number of halogens is 5. The highest BCUT2D eigenvalue weighted by Crippen LogP contribution is 2.30. The normalized spacial score (nSPS) is 11.7. The average Bonchev–Trinajstić information content (AvgIpc) is 2.65. The highest BCUT2D eigenvalue weighted by Gasteiger charge is 2.30. The first-order chi connectivity index (χ1) is 13.1. The van der Waals surface area contributed by atoms with Crippen LogP contribution in [0.4, 0.5) is 27.6 Å². The Morgan fingerprint density at radius 2 is 1.89 bits per heavy atom. The van der Waals surface area contributed by atoms with Gasteiger partial charge in [-0.2, -0.15) is 13.2 Å². The lowest BCUT2D eigenvalue weighted by molar-refractivity contribution is -0.137. The van der Waals surface area contributed by atoms with E-state index in [9.17, 15) is 26.7 Å². The highest BCUT2D eigenvalue weighted by molar-refractivity contribution is 5.90. The van der Waals surface area contributed by atoms with E-state index in [0.717, 1.165) is 24.3 Å². The van der Waals surface area contributed by atoms with Gasteiger partial charge >= 0.3 is 12.1 Å². The van der Waals surface area contributed by atoms with E-state index in [-0.39, 0.29) is 11.3 Å². The summed E-state index contributed by atoms with van der Waals surface area (Å²) in [6.07, 6.45) is -3.24. The van der Waals surface area contributed by atoms with Crippen molar-refractivity contribution in [3.05, 3.63) is 64.7 Å². The van der Waals surface area contributed by atoms with Crippen LogP contribution in [0.1, 0.15) is 28.4 Å². The number of aliphatic imine (C=N–C) groups is 1. The number of hydrogen-bond donors (Lipinski definition) is 0. The molecule has 0 saturated carbocycles. The molecule has 2 aromatic carbocycles. The summed E-state index contributed by atoms with van der Waals surface area (Å²) in [6, 6.07) is 5.55. The van der Waals surface area contributed by atoms with Gasteiger partial charge in [0.15, 0.2) is 0 Å². The number of rotatable bonds is 6. The summed E-state index contributed by atoms with van der Waals surface area (Å²) in [5.74, 6) is -3.19. The summed E-state index contributed by atoms with van der Waals surface area (Å²) in [5.41, 5.74) is -1.81. The van der Waals surface area contributed by atoms with Gasteiger partial charge in [-0.05, 0) is 30.7 Å². The van der Waals surface area contributed by atoms with Crippen molar-refractivity contribution in [3.8, 4) is 0 Å². The minimum Gasteiger partial charge on any atom is -0.457 e. The van der Waals surface area contributed by atoms with E-state index >= 15 is 0 Å². The topological polar surface area (TPSA) is 41.9 Å². The minimum atomic E-state index is -4.54. The second-order valence-electron chi connectivity index (χ2n) is 5.88. The average molecular weight is 400 g/mol. The molecule has 0 aromatic heterocycles. The van der Waals surface area contributed by atoms with Crippen molar-refractivity contribution in [2.75, 3.05) is 13.6 Å². The standard InChI is InChI=1S/C19H17F5N2O2/c1-3-26(2)11-25-17-9-15(20)14(8-16(17)21)18(27)28-10-12-5-4-6-13(7-12)19(22,23)24/h4-9,11H,3,10H2,1-2H3. The van der Waals surface area contributed by atoms with E-state index in [0.29, 0.717) is 12.6 Å². The van der Waals surface area contributed by atoms with Gasteiger partial charge in [0.25, 0.3) is 0 Å². The quantitative estimate of drug-likeness (QED) is 0.298. The zero-order chi connectivity index (χ0) is 20.9. The number of esters is 1. The third kappa shape index (κ3) is 5.51. The van der Waals surface area contributed by atoms with E-state index in [1.165, 1.54) is 12.4 Å².